The Morgan fingerprint density at radius 3 is 2.72 bits per heavy atom. The van der Waals surface area contributed by atoms with E-state index in [-0.39, 0.29) is 32.9 Å². The predicted octanol–water partition coefficient (Wildman–Crippen LogP) is 3.35. The van der Waals surface area contributed by atoms with Crippen molar-refractivity contribution in [1.29, 1.82) is 0 Å². The molecule has 1 saturated carbocycles. The molecule has 1 aliphatic carbocycles. The van der Waals surface area contributed by atoms with E-state index in [0.29, 0.717) is 11.4 Å². The van der Waals surface area contributed by atoms with E-state index >= 15 is 0 Å². The number of aromatic nitrogens is 4. The average Bonchev–Trinajstić information content (AvgIpc) is 3.39. The van der Waals surface area contributed by atoms with Gasteiger partial charge in [-0.2, -0.15) is 0 Å². The van der Waals surface area contributed by atoms with Gasteiger partial charge in [0.05, 0.1) is 20.9 Å². The molecule has 0 radical (unpaired) electrons. The first-order valence-corrected chi connectivity index (χ1v) is 10.5. The molecule has 3 aromatic rings. The molecule has 1 N–H and O–H groups in total. The summed E-state index contributed by atoms with van der Waals surface area (Å²) in [6, 6.07) is 9.04. The summed E-state index contributed by atoms with van der Waals surface area (Å²) in [7, 11) is -4.11. The first-order valence-electron chi connectivity index (χ1n) is 8.62. The summed E-state index contributed by atoms with van der Waals surface area (Å²) in [4.78, 5) is 10.2. The lowest BCUT2D eigenvalue weighted by molar-refractivity contribution is -0.385. The van der Waals surface area contributed by atoms with Gasteiger partial charge in [0.2, 0.25) is 0 Å². The molecule has 0 atom stereocenters. The number of nitrogens with one attached hydrogen (secondary N) is 1. The predicted molar refractivity (Wildman–Crippen MR) is 105 cm³/mol. The maximum atomic E-state index is 12.8. The zero-order valence-electron chi connectivity index (χ0n) is 15.1. The lowest BCUT2D eigenvalue weighted by atomic mass is 10.2. The molecule has 29 heavy (non-hydrogen) atoms. The van der Waals surface area contributed by atoms with Crippen LogP contribution in [0, 0.1) is 17.0 Å². The highest BCUT2D eigenvalue weighted by atomic mass is 35.5. The van der Waals surface area contributed by atoms with Gasteiger partial charge < -0.3 is 0 Å². The topological polar surface area (TPSA) is 133 Å². The molecule has 0 unspecified atom stereocenters. The summed E-state index contributed by atoms with van der Waals surface area (Å²) in [6.45, 7) is 1.46. The van der Waals surface area contributed by atoms with Crippen molar-refractivity contribution in [2.45, 2.75) is 30.7 Å². The smallest absolute Gasteiger partial charge is 0.275 e. The molecular formula is C17H15ClN6O4S. The summed E-state index contributed by atoms with van der Waals surface area (Å²) in [5.74, 6) is 0.544. The summed E-state index contributed by atoms with van der Waals surface area (Å²) >= 11 is 6.00. The van der Waals surface area contributed by atoms with E-state index in [9.17, 15) is 18.5 Å². The van der Waals surface area contributed by atoms with E-state index in [1.165, 1.54) is 13.0 Å². The maximum absolute atomic E-state index is 12.8. The van der Waals surface area contributed by atoms with Crippen LogP contribution in [0.5, 0.6) is 0 Å². The van der Waals surface area contributed by atoms with E-state index in [0.717, 1.165) is 18.9 Å². The summed E-state index contributed by atoms with van der Waals surface area (Å²) in [6.07, 6.45) is 1.99. The van der Waals surface area contributed by atoms with Crippen molar-refractivity contribution in [3.63, 3.8) is 0 Å². The lowest BCUT2D eigenvalue weighted by Gasteiger charge is -2.11. The molecule has 10 nitrogen and oxygen atoms in total. The van der Waals surface area contributed by atoms with Crippen LogP contribution in [-0.2, 0) is 10.0 Å². The summed E-state index contributed by atoms with van der Waals surface area (Å²) in [5.41, 5.74) is 0.752. The number of benzene rings is 2. The van der Waals surface area contributed by atoms with E-state index in [4.69, 9.17) is 11.6 Å². The Morgan fingerprint density at radius 2 is 2.03 bits per heavy atom. The molecule has 12 heteroatoms. The Kier molecular flexibility index (Phi) is 4.71. The van der Waals surface area contributed by atoms with Gasteiger partial charge in [0.25, 0.3) is 15.7 Å². The minimum atomic E-state index is -4.11. The maximum Gasteiger partial charge on any atom is 0.275 e. The first-order chi connectivity index (χ1) is 13.8. The van der Waals surface area contributed by atoms with Crippen LogP contribution in [0.15, 0.2) is 41.3 Å². The van der Waals surface area contributed by atoms with Gasteiger partial charge in [-0.15, -0.1) is 5.10 Å². The first kappa shape index (κ1) is 19.3. The Bertz CT molecular complexity index is 1220. The minimum Gasteiger partial charge on any atom is -0.280 e. The molecule has 1 heterocycles. The third kappa shape index (κ3) is 3.78. The van der Waals surface area contributed by atoms with E-state index in [2.05, 4.69) is 20.2 Å². The van der Waals surface area contributed by atoms with Crippen LogP contribution >= 0.6 is 11.6 Å². The number of halogens is 1. The highest BCUT2D eigenvalue weighted by Gasteiger charge is 2.28. The second-order valence-corrected chi connectivity index (χ2v) is 8.76. The van der Waals surface area contributed by atoms with Gasteiger partial charge in [-0.3, -0.25) is 14.8 Å². The molecule has 150 valence electrons. The van der Waals surface area contributed by atoms with E-state index in [1.54, 1.807) is 28.9 Å². The molecule has 2 aromatic carbocycles. The van der Waals surface area contributed by atoms with Crippen molar-refractivity contribution in [1.82, 2.24) is 20.2 Å². The fraction of sp³-hybridized carbons (Fsp3) is 0.235. The van der Waals surface area contributed by atoms with Crippen LogP contribution in [0.1, 0.15) is 24.4 Å². The third-order valence-electron chi connectivity index (χ3n) is 4.56. The quantitative estimate of drug-likeness (QED) is 0.464. The molecular weight excluding hydrogens is 420 g/mol. The largest absolute Gasteiger partial charge is 0.280 e. The standard InChI is InChI=1S/C17H15ClN6O4S/c1-10-15(18)8-14(9-16(10)24(25)26)29(27,28)20-12-4-2-3-11(7-12)17-19-21-22-23(17)13-5-6-13/h2-4,7-9,13,20H,5-6H2,1H3. The van der Waals surface area contributed by atoms with Crippen molar-refractivity contribution in [3.05, 3.63) is 57.1 Å². The number of hydrogen-bond acceptors (Lipinski definition) is 7. The molecule has 0 spiro atoms. The van der Waals surface area contributed by atoms with Crippen molar-refractivity contribution in [2.75, 3.05) is 4.72 Å². The Labute approximate surface area is 170 Å². The Balaban J connectivity index is 1.67. The van der Waals surface area contributed by atoms with Crippen molar-refractivity contribution >= 4 is 33.0 Å². The van der Waals surface area contributed by atoms with Crippen LogP contribution in [0.4, 0.5) is 11.4 Å². The number of sulfonamides is 1. The normalized spacial score (nSPS) is 14.0. The number of nitro groups is 1. The number of rotatable bonds is 6. The summed E-state index contributed by atoms with van der Waals surface area (Å²) < 4.78 is 29.7. The number of nitrogens with zero attached hydrogens (tertiary/aromatic N) is 5. The van der Waals surface area contributed by atoms with Gasteiger partial charge in [-0.1, -0.05) is 23.7 Å². The zero-order chi connectivity index (χ0) is 20.8. The highest BCUT2D eigenvalue weighted by molar-refractivity contribution is 7.92. The van der Waals surface area contributed by atoms with Gasteiger partial charge in [-0.05, 0) is 48.4 Å². The SMILES string of the molecule is Cc1c(Cl)cc(S(=O)(=O)Nc2cccc(-c3nnnn3C3CC3)c2)cc1[N+](=O)[O-]. The van der Waals surface area contributed by atoms with Crippen molar-refractivity contribution in [3.8, 4) is 11.4 Å². The Morgan fingerprint density at radius 1 is 1.28 bits per heavy atom. The van der Waals surface area contributed by atoms with Gasteiger partial charge in [0, 0.05) is 22.9 Å². The van der Waals surface area contributed by atoms with Crippen LogP contribution in [0.3, 0.4) is 0 Å². The monoisotopic (exact) mass is 434 g/mol. The second-order valence-electron chi connectivity index (χ2n) is 6.67. The number of hydrogen-bond donors (Lipinski definition) is 1. The number of nitro benzene ring substituents is 1. The molecule has 1 aliphatic rings. The highest BCUT2D eigenvalue weighted by Crippen LogP contribution is 2.37. The van der Waals surface area contributed by atoms with Crippen molar-refractivity contribution in [2.24, 2.45) is 0 Å². The fourth-order valence-electron chi connectivity index (χ4n) is 2.87. The molecule has 4 rings (SSSR count). The Hall–Kier alpha value is -3.05. The van der Waals surface area contributed by atoms with Crippen molar-refractivity contribution < 1.29 is 13.3 Å². The van der Waals surface area contributed by atoms with Gasteiger partial charge >= 0.3 is 0 Å². The minimum absolute atomic E-state index is 0.00284. The third-order valence-corrected chi connectivity index (χ3v) is 6.31. The molecule has 1 fully saturated rings. The van der Waals surface area contributed by atoms with Crippen LogP contribution in [-0.4, -0.2) is 33.5 Å². The molecule has 0 aliphatic heterocycles. The summed E-state index contributed by atoms with van der Waals surface area (Å²) in [5, 5.41) is 22.9. The van der Waals surface area contributed by atoms with E-state index < -0.39 is 14.9 Å². The average molecular weight is 435 g/mol. The molecule has 1 aromatic heterocycles. The van der Waals surface area contributed by atoms with Gasteiger partial charge in [0.1, 0.15) is 0 Å². The van der Waals surface area contributed by atoms with Crippen LogP contribution < -0.4 is 4.72 Å². The second kappa shape index (κ2) is 7.08. The van der Waals surface area contributed by atoms with E-state index in [1.807, 2.05) is 0 Å². The van der Waals surface area contributed by atoms with Crippen LogP contribution in [0.25, 0.3) is 11.4 Å². The van der Waals surface area contributed by atoms with Gasteiger partial charge in [0.15, 0.2) is 5.82 Å². The molecule has 0 amide bonds. The lowest BCUT2D eigenvalue weighted by Crippen LogP contribution is -2.13. The van der Waals surface area contributed by atoms with Crippen LogP contribution in [0.2, 0.25) is 5.02 Å². The molecule has 0 saturated heterocycles. The van der Waals surface area contributed by atoms with Gasteiger partial charge in [-0.25, -0.2) is 13.1 Å². The zero-order valence-corrected chi connectivity index (χ0v) is 16.7. The fourth-order valence-corrected chi connectivity index (χ4v) is 4.24. The molecule has 0 bridgehead atoms. The number of anilines is 1. The number of tetrazole rings is 1.